The van der Waals surface area contributed by atoms with E-state index in [0.717, 1.165) is 5.56 Å². The molecule has 2 aromatic rings. The summed E-state index contributed by atoms with van der Waals surface area (Å²) in [4.78, 5) is 20.8. The molecular weight excluding hydrogens is 311 g/mol. The number of benzene rings is 1. The molecule has 1 aliphatic heterocycles. The first-order valence-electron chi connectivity index (χ1n) is 6.57. The third-order valence-electron chi connectivity index (χ3n) is 3.39. The number of fused-ring (bicyclic) bond motifs is 1. The summed E-state index contributed by atoms with van der Waals surface area (Å²) in [6, 6.07) is 4.20. The monoisotopic (exact) mass is 322 g/mol. The lowest BCUT2D eigenvalue weighted by Crippen LogP contribution is -2.35. The van der Waals surface area contributed by atoms with Crippen LogP contribution in [0.5, 0.6) is 0 Å². The van der Waals surface area contributed by atoms with E-state index in [0.29, 0.717) is 30.3 Å². The molecule has 0 atom stereocenters. The van der Waals surface area contributed by atoms with Crippen LogP contribution in [0.2, 0.25) is 5.02 Å². The number of nitrogens with zero attached hydrogens (tertiary/aromatic N) is 3. The van der Waals surface area contributed by atoms with Gasteiger partial charge in [0.15, 0.2) is 0 Å². The van der Waals surface area contributed by atoms with Crippen LogP contribution in [0.15, 0.2) is 24.4 Å². The Labute approximate surface area is 130 Å². The summed E-state index contributed by atoms with van der Waals surface area (Å²) in [5.41, 5.74) is 2.15. The van der Waals surface area contributed by atoms with Gasteiger partial charge in [0, 0.05) is 18.4 Å². The molecule has 3 rings (SSSR count). The molecule has 22 heavy (non-hydrogen) atoms. The second kappa shape index (κ2) is 5.76. The molecule has 2 N–H and O–H groups in total. The summed E-state index contributed by atoms with van der Waals surface area (Å²) in [7, 11) is 0. The van der Waals surface area contributed by atoms with E-state index in [-0.39, 0.29) is 11.6 Å². The average Bonchev–Trinajstić information content (AvgIpc) is 2.50. The summed E-state index contributed by atoms with van der Waals surface area (Å²) in [6.45, 7) is 0.665. The number of aromatic nitrogens is 2. The van der Waals surface area contributed by atoms with Crippen molar-refractivity contribution in [3.8, 4) is 0 Å². The fourth-order valence-corrected chi connectivity index (χ4v) is 2.41. The lowest BCUT2D eigenvalue weighted by molar-refractivity contribution is 0.139. The van der Waals surface area contributed by atoms with E-state index < -0.39 is 11.9 Å². The van der Waals surface area contributed by atoms with E-state index in [1.807, 2.05) is 0 Å². The molecule has 8 heteroatoms. The minimum atomic E-state index is -0.968. The van der Waals surface area contributed by atoms with E-state index in [1.165, 1.54) is 23.1 Å². The molecule has 1 aromatic carbocycles. The smallest absolute Gasteiger partial charge is 0.407 e. The van der Waals surface area contributed by atoms with Crippen molar-refractivity contribution in [3.63, 3.8) is 0 Å². The molecule has 0 spiro atoms. The number of nitrogens with one attached hydrogen (secondary N) is 1. The highest BCUT2D eigenvalue weighted by Gasteiger charge is 2.21. The van der Waals surface area contributed by atoms with Crippen molar-refractivity contribution in [1.29, 1.82) is 0 Å². The van der Waals surface area contributed by atoms with Crippen LogP contribution >= 0.6 is 11.6 Å². The van der Waals surface area contributed by atoms with E-state index >= 15 is 0 Å². The Bertz CT molecular complexity index is 741. The van der Waals surface area contributed by atoms with Gasteiger partial charge in [-0.25, -0.2) is 19.2 Å². The Morgan fingerprint density at radius 2 is 2.27 bits per heavy atom. The predicted octanol–water partition coefficient (Wildman–Crippen LogP) is 3.05. The van der Waals surface area contributed by atoms with Crippen LogP contribution in [0, 0.1) is 5.82 Å². The standard InChI is InChI=1S/C14H12ClFN4O2/c15-10-5-9(1-2-11(10)16)18-13-17-6-8-3-4-20(14(21)22)7-12(8)19-13/h1-2,5-6H,3-4,7H2,(H,21,22)(H,17,18,19). The third kappa shape index (κ3) is 2.94. The summed E-state index contributed by atoms with van der Waals surface area (Å²) in [5.74, 6) is -0.190. The summed E-state index contributed by atoms with van der Waals surface area (Å²) >= 11 is 5.72. The first-order chi connectivity index (χ1) is 10.5. The molecule has 0 saturated carbocycles. The van der Waals surface area contributed by atoms with Crippen LogP contribution in [-0.2, 0) is 13.0 Å². The van der Waals surface area contributed by atoms with Crippen molar-refractivity contribution in [2.24, 2.45) is 0 Å². The molecule has 1 aromatic heterocycles. The predicted molar refractivity (Wildman–Crippen MR) is 78.9 cm³/mol. The largest absolute Gasteiger partial charge is 0.465 e. The van der Waals surface area contributed by atoms with Gasteiger partial charge in [0.05, 0.1) is 17.3 Å². The molecular formula is C14H12ClFN4O2. The van der Waals surface area contributed by atoms with Crippen LogP contribution in [0.25, 0.3) is 0 Å². The van der Waals surface area contributed by atoms with Crippen molar-refractivity contribution < 1.29 is 14.3 Å². The minimum absolute atomic E-state index is 0.0000114. The highest BCUT2D eigenvalue weighted by molar-refractivity contribution is 6.31. The highest BCUT2D eigenvalue weighted by Crippen LogP contribution is 2.23. The zero-order valence-electron chi connectivity index (χ0n) is 11.4. The topological polar surface area (TPSA) is 78.3 Å². The maximum Gasteiger partial charge on any atom is 0.407 e. The van der Waals surface area contributed by atoms with Crippen LogP contribution < -0.4 is 5.32 Å². The number of hydrogen-bond acceptors (Lipinski definition) is 4. The molecule has 6 nitrogen and oxygen atoms in total. The van der Waals surface area contributed by atoms with Crippen molar-refractivity contribution in [3.05, 3.63) is 46.5 Å². The van der Waals surface area contributed by atoms with Crippen LogP contribution in [-0.4, -0.2) is 32.6 Å². The highest BCUT2D eigenvalue weighted by atomic mass is 35.5. The van der Waals surface area contributed by atoms with Gasteiger partial charge in [0.1, 0.15) is 5.82 Å². The second-order valence-electron chi connectivity index (χ2n) is 4.87. The summed E-state index contributed by atoms with van der Waals surface area (Å²) < 4.78 is 13.1. The maximum absolute atomic E-state index is 13.1. The van der Waals surface area contributed by atoms with Gasteiger partial charge in [-0.1, -0.05) is 11.6 Å². The quantitative estimate of drug-likeness (QED) is 0.888. The van der Waals surface area contributed by atoms with Gasteiger partial charge in [0.2, 0.25) is 5.95 Å². The summed E-state index contributed by atoms with van der Waals surface area (Å²) in [5, 5.41) is 12.0. The van der Waals surface area contributed by atoms with Crippen LogP contribution in [0.1, 0.15) is 11.3 Å². The van der Waals surface area contributed by atoms with Gasteiger partial charge < -0.3 is 15.3 Å². The lowest BCUT2D eigenvalue weighted by Gasteiger charge is -2.25. The summed E-state index contributed by atoms with van der Waals surface area (Å²) in [6.07, 6.45) is 1.29. The Balaban J connectivity index is 1.82. The average molecular weight is 323 g/mol. The SMILES string of the molecule is O=C(O)N1CCc2cnc(Nc3ccc(F)c(Cl)c3)nc2C1. The van der Waals surface area contributed by atoms with Gasteiger partial charge in [-0.2, -0.15) is 0 Å². The third-order valence-corrected chi connectivity index (χ3v) is 3.68. The number of carbonyl (C=O) groups is 1. The zero-order valence-corrected chi connectivity index (χ0v) is 12.1. The van der Waals surface area contributed by atoms with Gasteiger partial charge in [-0.15, -0.1) is 0 Å². The van der Waals surface area contributed by atoms with Crippen molar-refractivity contribution in [2.45, 2.75) is 13.0 Å². The van der Waals surface area contributed by atoms with Crippen LogP contribution in [0.4, 0.5) is 20.8 Å². The van der Waals surface area contributed by atoms with Gasteiger partial charge in [-0.05, 0) is 30.2 Å². The Morgan fingerprint density at radius 1 is 1.45 bits per heavy atom. The number of hydrogen-bond donors (Lipinski definition) is 2. The van der Waals surface area contributed by atoms with E-state index in [9.17, 15) is 9.18 Å². The molecule has 0 radical (unpaired) electrons. The van der Waals surface area contributed by atoms with E-state index in [2.05, 4.69) is 15.3 Å². The van der Waals surface area contributed by atoms with Crippen molar-refractivity contribution in [2.75, 3.05) is 11.9 Å². The maximum atomic E-state index is 13.1. The first kappa shape index (κ1) is 14.5. The Hall–Kier alpha value is -2.41. The molecule has 0 bridgehead atoms. The molecule has 0 unspecified atom stereocenters. The van der Waals surface area contributed by atoms with Gasteiger partial charge in [0.25, 0.3) is 0 Å². The van der Waals surface area contributed by atoms with E-state index in [4.69, 9.17) is 16.7 Å². The molecule has 1 aliphatic rings. The fourth-order valence-electron chi connectivity index (χ4n) is 2.23. The number of amides is 1. The molecule has 0 saturated heterocycles. The zero-order chi connectivity index (χ0) is 15.7. The van der Waals surface area contributed by atoms with Gasteiger partial charge in [-0.3, -0.25) is 0 Å². The van der Waals surface area contributed by atoms with Crippen molar-refractivity contribution >= 4 is 29.3 Å². The molecule has 1 amide bonds. The Morgan fingerprint density at radius 3 is 3.00 bits per heavy atom. The first-order valence-corrected chi connectivity index (χ1v) is 6.95. The molecule has 0 fully saturated rings. The number of anilines is 2. The number of rotatable bonds is 2. The van der Waals surface area contributed by atoms with E-state index in [1.54, 1.807) is 6.20 Å². The lowest BCUT2D eigenvalue weighted by atomic mass is 10.1. The van der Waals surface area contributed by atoms with Crippen LogP contribution in [0.3, 0.4) is 0 Å². The molecule has 0 aliphatic carbocycles. The second-order valence-corrected chi connectivity index (χ2v) is 5.28. The molecule has 2 heterocycles. The number of carboxylic acid groups (broad SMARTS) is 1. The normalized spacial score (nSPS) is 13.6. The molecule has 114 valence electrons. The van der Waals surface area contributed by atoms with Gasteiger partial charge >= 0.3 is 6.09 Å². The minimum Gasteiger partial charge on any atom is -0.465 e. The van der Waals surface area contributed by atoms with Crippen molar-refractivity contribution in [1.82, 2.24) is 14.9 Å². The number of halogens is 2. The fraction of sp³-hybridized carbons (Fsp3) is 0.214. The Kier molecular flexibility index (Phi) is 3.81.